The molecule has 0 amide bonds. The summed E-state index contributed by atoms with van der Waals surface area (Å²) in [5, 5.41) is 3.78. The van der Waals surface area contributed by atoms with E-state index in [-0.39, 0.29) is 16.9 Å². The van der Waals surface area contributed by atoms with Gasteiger partial charge in [-0.15, -0.1) is 0 Å². The molecule has 2 aliphatic carbocycles. The van der Waals surface area contributed by atoms with Crippen molar-refractivity contribution in [2.75, 3.05) is 19.5 Å². The van der Waals surface area contributed by atoms with Crippen LogP contribution in [0.3, 0.4) is 0 Å². The van der Waals surface area contributed by atoms with Crippen molar-refractivity contribution in [2.24, 2.45) is 11.3 Å². The van der Waals surface area contributed by atoms with Crippen LogP contribution in [0.4, 0.5) is 5.69 Å². The van der Waals surface area contributed by atoms with Gasteiger partial charge in [-0.2, -0.15) is 0 Å². The van der Waals surface area contributed by atoms with E-state index in [1.165, 1.54) is 19.8 Å². The molecule has 0 bridgehead atoms. The van der Waals surface area contributed by atoms with Gasteiger partial charge in [-0.05, 0) is 54.5 Å². The van der Waals surface area contributed by atoms with Crippen molar-refractivity contribution in [2.45, 2.75) is 30.2 Å². The van der Waals surface area contributed by atoms with E-state index < -0.39 is 17.4 Å². The van der Waals surface area contributed by atoms with Crippen LogP contribution in [0.1, 0.15) is 30.4 Å². The van der Waals surface area contributed by atoms with Crippen LogP contribution in [0.2, 0.25) is 0 Å². The topological polar surface area (TPSA) is 64.6 Å². The zero-order valence-electron chi connectivity index (χ0n) is 16.3. The number of fused-ring (bicyclic) bond motifs is 1. The molecule has 2 fully saturated rings. The second kappa shape index (κ2) is 6.08. The third kappa shape index (κ3) is 2.10. The lowest BCUT2D eigenvalue weighted by Gasteiger charge is -2.59. The highest BCUT2D eigenvalue weighted by Crippen LogP contribution is 2.76. The molecular weight excluding hydrogens is 434 g/mol. The Morgan fingerprint density at radius 1 is 1.03 bits per heavy atom. The molecule has 0 aromatic heterocycles. The predicted octanol–water partition coefficient (Wildman–Crippen LogP) is 4.15. The Morgan fingerprint density at radius 3 is 2.38 bits per heavy atom. The van der Waals surface area contributed by atoms with Crippen LogP contribution in [-0.2, 0) is 30.0 Å². The number of nitrogens with one attached hydrogen (secondary N) is 1. The monoisotopic (exact) mass is 455 g/mol. The molecule has 29 heavy (non-hydrogen) atoms. The third-order valence-electron chi connectivity index (χ3n) is 7.42. The lowest BCUT2D eigenvalue weighted by atomic mass is 9.46. The molecule has 150 valence electrons. The van der Waals surface area contributed by atoms with Gasteiger partial charge in [0, 0.05) is 15.6 Å². The number of carbonyl (C=O) groups is 2. The fourth-order valence-electron chi connectivity index (χ4n) is 6.34. The van der Waals surface area contributed by atoms with Crippen molar-refractivity contribution in [1.29, 1.82) is 0 Å². The number of rotatable bonds is 3. The van der Waals surface area contributed by atoms with Crippen molar-refractivity contribution >= 4 is 33.6 Å². The van der Waals surface area contributed by atoms with Crippen LogP contribution in [0.5, 0.6) is 0 Å². The van der Waals surface area contributed by atoms with E-state index in [0.29, 0.717) is 12.8 Å². The van der Waals surface area contributed by atoms with Gasteiger partial charge in [-0.1, -0.05) is 46.3 Å². The molecule has 3 atom stereocenters. The zero-order chi connectivity index (χ0) is 20.4. The van der Waals surface area contributed by atoms with Gasteiger partial charge in [0.15, 0.2) is 5.41 Å². The summed E-state index contributed by atoms with van der Waals surface area (Å²) in [6.45, 7) is 0. The number of hydrogen-bond acceptors (Lipinski definition) is 5. The first-order valence-electron chi connectivity index (χ1n) is 9.74. The standard InChI is InChI=1S/C23H22BrNO4/c1-28-19(26)21(20(27)29-2)11-15-12-23(14-6-4-3-5-7-14)22(15,13-21)17-10-16(24)8-9-18(17)25-23/h3-10,15,25H,11-13H2,1-2H3/t15-,22-,23+/m1/s1. The summed E-state index contributed by atoms with van der Waals surface area (Å²) in [5.74, 6) is -0.832. The molecule has 5 nitrogen and oxygen atoms in total. The lowest BCUT2D eigenvalue weighted by molar-refractivity contribution is -0.169. The molecule has 5 rings (SSSR count). The van der Waals surface area contributed by atoms with Gasteiger partial charge in [-0.3, -0.25) is 9.59 Å². The zero-order valence-corrected chi connectivity index (χ0v) is 17.9. The normalized spacial score (nSPS) is 30.2. The molecule has 1 spiro atoms. The van der Waals surface area contributed by atoms with Crippen LogP contribution in [0.25, 0.3) is 0 Å². The molecule has 6 heteroatoms. The summed E-state index contributed by atoms with van der Waals surface area (Å²) < 4.78 is 11.2. The molecule has 0 unspecified atom stereocenters. The second-order valence-electron chi connectivity index (χ2n) is 8.40. The van der Waals surface area contributed by atoms with Gasteiger partial charge < -0.3 is 14.8 Å². The Labute approximate surface area is 177 Å². The van der Waals surface area contributed by atoms with E-state index in [9.17, 15) is 9.59 Å². The van der Waals surface area contributed by atoms with Crippen LogP contribution in [0.15, 0.2) is 53.0 Å². The Morgan fingerprint density at radius 2 is 1.72 bits per heavy atom. The summed E-state index contributed by atoms with van der Waals surface area (Å²) in [6.07, 6.45) is 1.66. The minimum absolute atomic E-state index is 0.170. The van der Waals surface area contributed by atoms with Crippen molar-refractivity contribution in [3.63, 3.8) is 0 Å². The van der Waals surface area contributed by atoms with E-state index in [1.54, 1.807) is 0 Å². The maximum absolute atomic E-state index is 12.9. The Hall–Kier alpha value is -2.34. The molecule has 2 aromatic rings. The quantitative estimate of drug-likeness (QED) is 0.556. The van der Waals surface area contributed by atoms with Gasteiger partial charge in [0.1, 0.15) is 0 Å². The summed E-state index contributed by atoms with van der Waals surface area (Å²) in [7, 11) is 2.68. The number of esters is 2. The molecule has 2 aromatic carbocycles. The third-order valence-corrected chi connectivity index (χ3v) is 7.91. The molecule has 0 saturated heterocycles. The van der Waals surface area contributed by atoms with Gasteiger partial charge in [0.05, 0.1) is 19.8 Å². The van der Waals surface area contributed by atoms with Gasteiger partial charge in [0.25, 0.3) is 0 Å². The van der Waals surface area contributed by atoms with E-state index >= 15 is 0 Å². The minimum atomic E-state index is -1.28. The van der Waals surface area contributed by atoms with Crippen LogP contribution in [-0.4, -0.2) is 26.2 Å². The first-order chi connectivity index (χ1) is 13.9. The van der Waals surface area contributed by atoms with E-state index in [4.69, 9.17) is 9.47 Å². The maximum atomic E-state index is 12.9. The van der Waals surface area contributed by atoms with Crippen molar-refractivity contribution in [1.82, 2.24) is 0 Å². The minimum Gasteiger partial charge on any atom is -0.468 e. The highest BCUT2D eigenvalue weighted by atomic mass is 79.9. The van der Waals surface area contributed by atoms with Crippen molar-refractivity contribution in [3.8, 4) is 0 Å². The number of ether oxygens (including phenoxy) is 2. The number of carbonyl (C=O) groups excluding carboxylic acids is 2. The molecule has 0 radical (unpaired) electrons. The molecule has 1 N–H and O–H groups in total. The summed E-state index contributed by atoms with van der Waals surface area (Å²) in [4.78, 5) is 25.8. The summed E-state index contributed by atoms with van der Waals surface area (Å²) in [5.41, 5.74) is 1.37. The Kier molecular flexibility index (Phi) is 3.92. The molecule has 2 saturated carbocycles. The Balaban J connectivity index is 1.74. The summed E-state index contributed by atoms with van der Waals surface area (Å²) >= 11 is 3.61. The number of halogens is 1. The van der Waals surface area contributed by atoms with E-state index in [1.807, 2.05) is 24.3 Å². The predicted molar refractivity (Wildman–Crippen MR) is 111 cm³/mol. The maximum Gasteiger partial charge on any atom is 0.323 e. The largest absolute Gasteiger partial charge is 0.468 e. The SMILES string of the molecule is COC(=O)C1(C(=O)OC)C[C@@H]2C[C@@]3(c4ccccc4)Nc4ccc(Br)cc4[C@@]23C1. The van der Waals surface area contributed by atoms with Gasteiger partial charge >= 0.3 is 11.9 Å². The number of methoxy groups -OCH3 is 2. The number of hydrogen-bond donors (Lipinski definition) is 1. The number of anilines is 1. The van der Waals surface area contributed by atoms with E-state index in [2.05, 4.69) is 45.5 Å². The van der Waals surface area contributed by atoms with Crippen LogP contribution < -0.4 is 5.32 Å². The van der Waals surface area contributed by atoms with Crippen molar-refractivity contribution < 1.29 is 19.1 Å². The van der Waals surface area contributed by atoms with Crippen LogP contribution >= 0.6 is 15.9 Å². The lowest BCUT2D eigenvalue weighted by Crippen LogP contribution is -2.62. The summed E-state index contributed by atoms with van der Waals surface area (Å²) in [6, 6.07) is 16.6. The second-order valence-corrected chi connectivity index (χ2v) is 9.32. The highest BCUT2D eigenvalue weighted by molar-refractivity contribution is 9.10. The fourth-order valence-corrected chi connectivity index (χ4v) is 6.70. The Bertz CT molecular complexity index is 1010. The molecular formula is C23H22BrNO4. The molecule has 3 aliphatic rings. The molecule has 1 heterocycles. The van der Waals surface area contributed by atoms with Gasteiger partial charge in [-0.25, -0.2) is 0 Å². The van der Waals surface area contributed by atoms with Crippen LogP contribution in [0, 0.1) is 11.3 Å². The molecule has 1 aliphatic heterocycles. The first kappa shape index (κ1) is 18.7. The highest BCUT2D eigenvalue weighted by Gasteiger charge is 2.79. The average Bonchev–Trinajstić information content (AvgIpc) is 3.15. The van der Waals surface area contributed by atoms with E-state index in [0.717, 1.165) is 22.1 Å². The smallest absolute Gasteiger partial charge is 0.323 e. The average molecular weight is 456 g/mol. The fraction of sp³-hybridized carbons (Fsp3) is 0.391. The van der Waals surface area contributed by atoms with Gasteiger partial charge in [0.2, 0.25) is 0 Å². The first-order valence-corrected chi connectivity index (χ1v) is 10.5. The number of benzene rings is 2. The van der Waals surface area contributed by atoms with Crippen molar-refractivity contribution in [3.05, 3.63) is 64.1 Å².